The summed E-state index contributed by atoms with van der Waals surface area (Å²) >= 11 is 1.29. The van der Waals surface area contributed by atoms with Crippen molar-refractivity contribution in [2.75, 3.05) is 24.4 Å². The smallest absolute Gasteiger partial charge is 0.337 e. The summed E-state index contributed by atoms with van der Waals surface area (Å²) in [5.41, 5.74) is 0.484. The molecule has 148 valence electrons. The predicted molar refractivity (Wildman–Crippen MR) is 109 cm³/mol. The first kappa shape index (κ1) is 20.2. The van der Waals surface area contributed by atoms with Gasteiger partial charge in [-0.05, 0) is 41.8 Å². The summed E-state index contributed by atoms with van der Waals surface area (Å²) in [5, 5.41) is 4.25. The molecular weight excluding hydrogens is 395 g/mol. The second-order valence-electron chi connectivity index (χ2n) is 6.00. The number of methoxy groups -OCH3 is 1. The topological polar surface area (TPSA) is 75.7 Å². The van der Waals surface area contributed by atoms with Crippen LogP contribution in [0.3, 0.4) is 0 Å². The van der Waals surface area contributed by atoms with Crippen molar-refractivity contribution in [1.29, 1.82) is 0 Å². The van der Waals surface area contributed by atoms with Gasteiger partial charge in [-0.25, -0.2) is 9.18 Å². The van der Waals surface area contributed by atoms with Crippen LogP contribution in [-0.4, -0.2) is 31.9 Å². The van der Waals surface area contributed by atoms with Crippen LogP contribution in [0, 0.1) is 5.82 Å². The molecule has 1 N–H and O–H groups in total. The quantitative estimate of drug-likeness (QED) is 0.637. The van der Waals surface area contributed by atoms with Crippen LogP contribution in [0.15, 0.2) is 60.0 Å². The van der Waals surface area contributed by atoms with Crippen molar-refractivity contribution in [1.82, 2.24) is 0 Å². The van der Waals surface area contributed by atoms with Gasteiger partial charge in [0.1, 0.15) is 5.82 Å². The lowest BCUT2D eigenvalue weighted by Gasteiger charge is -2.20. The lowest BCUT2D eigenvalue weighted by molar-refractivity contribution is 0.0600. The van der Waals surface area contributed by atoms with Crippen LogP contribution >= 0.6 is 11.3 Å². The highest BCUT2D eigenvalue weighted by Crippen LogP contribution is 2.25. The van der Waals surface area contributed by atoms with E-state index in [1.54, 1.807) is 42.8 Å². The normalized spacial score (nSPS) is 10.3. The van der Waals surface area contributed by atoms with Crippen LogP contribution < -0.4 is 10.2 Å². The molecule has 0 aliphatic rings. The maximum atomic E-state index is 14.2. The largest absolute Gasteiger partial charge is 0.465 e. The monoisotopic (exact) mass is 412 g/mol. The fourth-order valence-electron chi connectivity index (χ4n) is 2.69. The van der Waals surface area contributed by atoms with E-state index in [4.69, 9.17) is 0 Å². The fourth-order valence-corrected chi connectivity index (χ4v) is 3.39. The van der Waals surface area contributed by atoms with Gasteiger partial charge >= 0.3 is 5.97 Å². The molecule has 0 aliphatic carbocycles. The maximum Gasteiger partial charge on any atom is 0.337 e. The molecule has 3 aromatic rings. The van der Waals surface area contributed by atoms with Gasteiger partial charge in [-0.1, -0.05) is 18.2 Å². The number of esters is 1. The minimum absolute atomic E-state index is 0.0995. The highest BCUT2D eigenvalue weighted by atomic mass is 32.1. The Balaban J connectivity index is 1.89. The number of anilines is 2. The van der Waals surface area contributed by atoms with Gasteiger partial charge in [0, 0.05) is 7.05 Å². The van der Waals surface area contributed by atoms with E-state index in [0.717, 1.165) is 6.07 Å². The van der Waals surface area contributed by atoms with Crippen molar-refractivity contribution < 1.29 is 23.5 Å². The number of carbonyl (C=O) groups is 3. The molecule has 0 bridgehead atoms. The standard InChI is InChI=1S/C21H17FN2O4S/c1-24(20(26)18-8-5-11-29-18)17-7-4-3-6-14(17)19(25)23-16-12-13(21(27)28-2)9-10-15(16)22/h3-12H,1-2H3,(H,23,25). The molecule has 0 fully saturated rings. The molecule has 1 heterocycles. The Morgan fingerprint density at radius 1 is 1.07 bits per heavy atom. The first-order chi connectivity index (χ1) is 13.9. The van der Waals surface area contributed by atoms with Gasteiger partial charge in [-0.3, -0.25) is 9.59 Å². The number of thiophene rings is 1. The van der Waals surface area contributed by atoms with Crippen molar-refractivity contribution in [3.63, 3.8) is 0 Å². The number of amides is 2. The van der Waals surface area contributed by atoms with E-state index < -0.39 is 17.7 Å². The highest BCUT2D eigenvalue weighted by Gasteiger charge is 2.21. The molecular formula is C21H17FN2O4S. The average Bonchev–Trinajstić information content (AvgIpc) is 3.28. The second-order valence-corrected chi connectivity index (χ2v) is 6.95. The van der Waals surface area contributed by atoms with Gasteiger partial charge in [-0.15, -0.1) is 11.3 Å². The number of carbonyl (C=O) groups excluding carboxylic acids is 3. The van der Waals surface area contributed by atoms with Crippen molar-refractivity contribution in [2.24, 2.45) is 0 Å². The number of halogens is 1. The van der Waals surface area contributed by atoms with Crippen LogP contribution in [0.2, 0.25) is 0 Å². The van der Waals surface area contributed by atoms with E-state index in [9.17, 15) is 18.8 Å². The van der Waals surface area contributed by atoms with Crippen molar-refractivity contribution >= 4 is 40.5 Å². The number of ether oxygens (including phenoxy) is 1. The van der Waals surface area contributed by atoms with E-state index in [1.165, 1.54) is 41.5 Å². The number of hydrogen-bond acceptors (Lipinski definition) is 5. The van der Waals surface area contributed by atoms with E-state index in [0.29, 0.717) is 10.6 Å². The molecule has 2 amide bonds. The number of nitrogens with one attached hydrogen (secondary N) is 1. The zero-order chi connectivity index (χ0) is 21.0. The summed E-state index contributed by atoms with van der Waals surface area (Å²) in [6, 6.07) is 13.5. The Kier molecular flexibility index (Phi) is 6.04. The second kappa shape index (κ2) is 8.66. The zero-order valence-electron chi connectivity index (χ0n) is 15.6. The summed E-state index contributed by atoms with van der Waals surface area (Å²) in [4.78, 5) is 39.0. The predicted octanol–water partition coefficient (Wildman–Crippen LogP) is 4.20. The Hall–Kier alpha value is -3.52. The van der Waals surface area contributed by atoms with Gasteiger partial charge in [-0.2, -0.15) is 0 Å². The van der Waals surface area contributed by atoms with Crippen LogP contribution in [0.1, 0.15) is 30.4 Å². The van der Waals surface area contributed by atoms with Gasteiger partial charge in [0.15, 0.2) is 0 Å². The van der Waals surface area contributed by atoms with Crippen LogP contribution in [0.5, 0.6) is 0 Å². The van der Waals surface area contributed by atoms with E-state index in [1.807, 2.05) is 0 Å². The number of benzene rings is 2. The van der Waals surface area contributed by atoms with Crippen LogP contribution in [0.4, 0.5) is 15.8 Å². The molecule has 0 atom stereocenters. The molecule has 0 unspecified atom stereocenters. The SMILES string of the molecule is COC(=O)c1ccc(F)c(NC(=O)c2ccccc2N(C)C(=O)c2cccs2)c1. The molecule has 0 aliphatic heterocycles. The summed E-state index contributed by atoms with van der Waals surface area (Å²) in [6.45, 7) is 0. The number of nitrogens with zero attached hydrogens (tertiary/aromatic N) is 1. The van der Waals surface area contributed by atoms with E-state index in [-0.39, 0.29) is 22.7 Å². The summed E-state index contributed by atoms with van der Waals surface area (Å²) < 4.78 is 18.8. The molecule has 2 aromatic carbocycles. The van der Waals surface area contributed by atoms with Crippen molar-refractivity contribution in [3.8, 4) is 0 Å². The Morgan fingerprint density at radius 3 is 2.52 bits per heavy atom. The van der Waals surface area contributed by atoms with E-state index in [2.05, 4.69) is 10.1 Å². The molecule has 1 aromatic heterocycles. The average molecular weight is 412 g/mol. The van der Waals surface area contributed by atoms with Crippen molar-refractivity contribution in [3.05, 3.63) is 81.8 Å². The van der Waals surface area contributed by atoms with Crippen molar-refractivity contribution in [2.45, 2.75) is 0 Å². The molecule has 6 nitrogen and oxygen atoms in total. The zero-order valence-corrected chi connectivity index (χ0v) is 16.5. The molecule has 0 radical (unpaired) electrons. The number of hydrogen-bond donors (Lipinski definition) is 1. The molecule has 0 spiro atoms. The molecule has 0 saturated heterocycles. The van der Waals surface area contributed by atoms with Gasteiger partial charge in [0.25, 0.3) is 11.8 Å². The first-order valence-electron chi connectivity index (χ1n) is 8.52. The Bertz CT molecular complexity index is 1070. The maximum absolute atomic E-state index is 14.2. The third kappa shape index (κ3) is 4.33. The molecule has 8 heteroatoms. The van der Waals surface area contributed by atoms with Gasteiger partial charge < -0.3 is 15.0 Å². The molecule has 3 rings (SSSR count). The number of rotatable bonds is 5. The lowest BCUT2D eigenvalue weighted by atomic mass is 10.1. The lowest BCUT2D eigenvalue weighted by Crippen LogP contribution is -2.28. The molecule has 0 saturated carbocycles. The third-order valence-corrected chi connectivity index (χ3v) is 5.04. The highest BCUT2D eigenvalue weighted by molar-refractivity contribution is 7.12. The van der Waals surface area contributed by atoms with Gasteiger partial charge in [0.05, 0.1) is 34.5 Å². The van der Waals surface area contributed by atoms with Gasteiger partial charge in [0.2, 0.25) is 0 Å². The Morgan fingerprint density at radius 2 is 1.83 bits per heavy atom. The minimum Gasteiger partial charge on any atom is -0.465 e. The van der Waals surface area contributed by atoms with Crippen LogP contribution in [0.25, 0.3) is 0 Å². The van der Waals surface area contributed by atoms with E-state index >= 15 is 0 Å². The summed E-state index contributed by atoms with van der Waals surface area (Å²) in [7, 11) is 2.77. The third-order valence-electron chi connectivity index (χ3n) is 4.18. The van der Waals surface area contributed by atoms with Crippen LogP contribution in [-0.2, 0) is 4.74 Å². The summed E-state index contributed by atoms with van der Waals surface area (Å²) in [6.07, 6.45) is 0. The first-order valence-corrected chi connectivity index (χ1v) is 9.40. The minimum atomic E-state index is -0.702. The number of para-hydroxylation sites is 1. The Labute approximate surface area is 170 Å². The summed E-state index contributed by atoms with van der Waals surface area (Å²) in [5.74, 6) is -2.24. The molecule has 29 heavy (non-hydrogen) atoms. The fraction of sp³-hybridized carbons (Fsp3) is 0.0952.